The Morgan fingerprint density at radius 2 is 1.82 bits per heavy atom. The molecule has 1 heterocycles. The van der Waals surface area contributed by atoms with Gasteiger partial charge >= 0.3 is 7.60 Å². The van der Waals surface area contributed by atoms with Crippen LogP contribution in [0.3, 0.4) is 0 Å². The van der Waals surface area contributed by atoms with Crippen molar-refractivity contribution in [2.45, 2.75) is 26.1 Å². The van der Waals surface area contributed by atoms with Gasteiger partial charge in [0, 0.05) is 12.5 Å². The van der Waals surface area contributed by atoms with Gasteiger partial charge in [0.2, 0.25) is 5.91 Å². The molecule has 1 aliphatic rings. The molecule has 0 saturated heterocycles. The average Bonchev–Trinajstić information content (AvgIpc) is 2.70. The predicted molar refractivity (Wildman–Crippen MR) is 79.4 cm³/mol. The maximum Gasteiger partial charge on any atom is 0.376 e. The lowest BCUT2D eigenvalue weighted by Crippen LogP contribution is -2.43. The first kappa shape index (κ1) is 16.8. The SMILES string of the molecule is CCOP(=O)(OCC)[C@]1(O)C(=O)N(C(C)=O)c2ccccc21. The number of anilines is 1. The molecule has 1 aliphatic heterocycles. The second-order valence-corrected chi connectivity index (χ2v) is 6.84. The second kappa shape index (κ2) is 5.93. The van der Waals surface area contributed by atoms with E-state index in [2.05, 4.69) is 0 Å². The molecule has 120 valence electrons. The third-order valence-corrected chi connectivity index (χ3v) is 5.75. The zero-order valence-electron chi connectivity index (χ0n) is 12.6. The number of hydrogen-bond acceptors (Lipinski definition) is 6. The molecule has 0 aliphatic carbocycles. The average molecular weight is 327 g/mol. The van der Waals surface area contributed by atoms with Crippen LogP contribution in [0.2, 0.25) is 0 Å². The third-order valence-electron chi connectivity index (χ3n) is 3.33. The fourth-order valence-corrected chi connectivity index (χ4v) is 4.43. The van der Waals surface area contributed by atoms with E-state index in [-0.39, 0.29) is 24.5 Å². The summed E-state index contributed by atoms with van der Waals surface area (Å²) in [5.74, 6) is -1.61. The number of aliphatic hydroxyl groups is 1. The van der Waals surface area contributed by atoms with E-state index in [4.69, 9.17) is 9.05 Å². The largest absolute Gasteiger partial charge is 0.376 e. The van der Waals surface area contributed by atoms with Gasteiger partial charge in [-0.05, 0) is 19.9 Å². The molecule has 1 N–H and O–H groups in total. The second-order valence-electron chi connectivity index (χ2n) is 4.68. The highest BCUT2D eigenvalue weighted by atomic mass is 31.2. The Balaban J connectivity index is 2.70. The number of nitrogens with zero attached hydrogens (tertiary/aromatic N) is 1. The Bertz CT molecular complexity index is 650. The molecule has 8 heteroatoms. The number of imide groups is 1. The minimum Gasteiger partial charge on any atom is -0.366 e. The lowest BCUT2D eigenvalue weighted by Gasteiger charge is -2.29. The molecular formula is C14H18NO6P. The van der Waals surface area contributed by atoms with Gasteiger partial charge in [-0.1, -0.05) is 18.2 Å². The molecule has 0 bridgehead atoms. The smallest absolute Gasteiger partial charge is 0.366 e. The van der Waals surface area contributed by atoms with Crippen molar-refractivity contribution in [3.8, 4) is 0 Å². The molecule has 7 nitrogen and oxygen atoms in total. The van der Waals surface area contributed by atoms with E-state index in [0.717, 1.165) is 4.90 Å². The molecule has 0 saturated carbocycles. The summed E-state index contributed by atoms with van der Waals surface area (Å²) in [6.45, 7) is 4.29. The van der Waals surface area contributed by atoms with Crippen molar-refractivity contribution < 1.29 is 28.3 Å². The molecule has 0 unspecified atom stereocenters. The van der Waals surface area contributed by atoms with E-state index in [0.29, 0.717) is 0 Å². The number of amides is 2. The fourth-order valence-electron chi connectivity index (χ4n) is 2.49. The highest BCUT2D eigenvalue weighted by molar-refractivity contribution is 7.56. The van der Waals surface area contributed by atoms with Crippen LogP contribution in [0.1, 0.15) is 26.3 Å². The summed E-state index contributed by atoms with van der Waals surface area (Å²) < 4.78 is 23.3. The lowest BCUT2D eigenvalue weighted by molar-refractivity contribution is -0.133. The molecule has 2 rings (SSSR count). The minimum atomic E-state index is -4.23. The van der Waals surface area contributed by atoms with Crippen LogP contribution in [0.5, 0.6) is 0 Å². The van der Waals surface area contributed by atoms with Gasteiger partial charge in [0.1, 0.15) is 0 Å². The van der Waals surface area contributed by atoms with Crippen LogP contribution in [0.15, 0.2) is 24.3 Å². The molecular weight excluding hydrogens is 309 g/mol. The van der Waals surface area contributed by atoms with Crippen molar-refractivity contribution in [3.63, 3.8) is 0 Å². The number of fused-ring (bicyclic) bond motifs is 1. The number of carbonyl (C=O) groups is 2. The Hall–Kier alpha value is -1.53. The molecule has 1 atom stereocenters. The first-order chi connectivity index (χ1) is 10.3. The maximum atomic E-state index is 13.0. The number of benzene rings is 1. The van der Waals surface area contributed by atoms with Crippen molar-refractivity contribution in [2.24, 2.45) is 0 Å². The Kier molecular flexibility index (Phi) is 4.54. The van der Waals surface area contributed by atoms with Crippen molar-refractivity contribution in [2.75, 3.05) is 18.1 Å². The number of hydrogen-bond donors (Lipinski definition) is 1. The standard InChI is InChI=1S/C14H18NO6P/c1-4-20-22(19,21-5-2)14(18)11-8-6-7-9-12(11)15(10(3)16)13(14)17/h6-9,18H,4-5H2,1-3H3/t14-/m0/s1. The van der Waals surface area contributed by atoms with Crippen molar-refractivity contribution in [1.82, 2.24) is 0 Å². The van der Waals surface area contributed by atoms with Crippen LogP contribution in [-0.4, -0.2) is 30.1 Å². The summed E-state index contributed by atoms with van der Waals surface area (Å²) in [5.41, 5.74) is 0.225. The Labute approximate surface area is 128 Å². The summed E-state index contributed by atoms with van der Waals surface area (Å²) in [4.78, 5) is 25.2. The van der Waals surface area contributed by atoms with Crippen LogP contribution in [-0.2, 0) is 28.5 Å². The molecule has 0 fully saturated rings. The van der Waals surface area contributed by atoms with Crippen LogP contribution in [0.25, 0.3) is 0 Å². The highest BCUT2D eigenvalue weighted by Gasteiger charge is 2.64. The van der Waals surface area contributed by atoms with Crippen molar-refractivity contribution in [3.05, 3.63) is 29.8 Å². The van der Waals surface area contributed by atoms with E-state index in [1.165, 1.54) is 19.1 Å². The number of rotatable bonds is 5. The normalized spacial score (nSPS) is 21.1. The van der Waals surface area contributed by atoms with Gasteiger partial charge in [-0.15, -0.1) is 0 Å². The highest BCUT2D eigenvalue weighted by Crippen LogP contribution is 2.67. The molecule has 0 spiro atoms. The third kappa shape index (κ3) is 2.21. The zero-order valence-corrected chi connectivity index (χ0v) is 13.5. The predicted octanol–water partition coefficient (Wildman–Crippen LogP) is 1.99. The van der Waals surface area contributed by atoms with Crippen molar-refractivity contribution >= 4 is 25.1 Å². The summed E-state index contributed by atoms with van der Waals surface area (Å²) in [5, 5.41) is 8.43. The van der Waals surface area contributed by atoms with Gasteiger partial charge in [0.25, 0.3) is 11.2 Å². The summed E-state index contributed by atoms with van der Waals surface area (Å²) >= 11 is 0. The maximum absolute atomic E-state index is 13.0. The first-order valence-electron chi connectivity index (χ1n) is 6.89. The van der Waals surface area contributed by atoms with Crippen LogP contribution >= 0.6 is 7.60 Å². The van der Waals surface area contributed by atoms with Crippen LogP contribution < -0.4 is 4.90 Å². The fraction of sp³-hybridized carbons (Fsp3) is 0.429. The van der Waals surface area contributed by atoms with Gasteiger partial charge in [-0.2, -0.15) is 0 Å². The first-order valence-corrected chi connectivity index (χ1v) is 8.44. The summed E-state index contributed by atoms with van der Waals surface area (Å²) in [6.07, 6.45) is 0. The molecule has 1 aromatic carbocycles. The molecule has 1 aromatic rings. The molecule has 0 radical (unpaired) electrons. The minimum absolute atomic E-state index is 0.0187. The van der Waals surface area contributed by atoms with Crippen LogP contribution in [0.4, 0.5) is 5.69 Å². The van der Waals surface area contributed by atoms with Crippen molar-refractivity contribution in [1.29, 1.82) is 0 Å². The van der Waals surface area contributed by atoms with Gasteiger partial charge in [-0.3, -0.25) is 14.2 Å². The topological polar surface area (TPSA) is 93.1 Å². The van der Waals surface area contributed by atoms with E-state index in [1.807, 2.05) is 0 Å². The monoisotopic (exact) mass is 327 g/mol. The zero-order chi connectivity index (χ0) is 16.5. The lowest BCUT2D eigenvalue weighted by atomic mass is 10.1. The van der Waals surface area contributed by atoms with Gasteiger partial charge in [0.15, 0.2) is 0 Å². The van der Waals surface area contributed by atoms with Gasteiger partial charge < -0.3 is 14.2 Å². The van der Waals surface area contributed by atoms with Gasteiger partial charge in [-0.25, -0.2) is 4.90 Å². The number of carbonyl (C=O) groups excluding carboxylic acids is 2. The van der Waals surface area contributed by atoms with E-state index in [9.17, 15) is 19.3 Å². The van der Waals surface area contributed by atoms with Crippen LogP contribution in [0, 0.1) is 0 Å². The van der Waals surface area contributed by atoms with Gasteiger partial charge in [0.05, 0.1) is 18.9 Å². The summed E-state index contributed by atoms with van der Waals surface area (Å²) in [7, 11) is -4.23. The Morgan fingerprint density at radius 3 is 2.32 bits per heavy atom. The molecule has 2 amide bonds. The quantitative estimate of drug-likeness (QED) is 0.831. The van der Waals surface area contributed by atoms with E-state index < -0.39 is 24.8 Å². The molecule has 22 heavy (non-hydrogen) atoms. The summed E-state index contributed by atoms with van der Waals surface area (Å²) in [6, 6.07) is 6.11. The van der Waals surface area contributed by atoms with E-state index in [1.54, 1.807) is 26.0 Å². The molecule has 0 aromatic heterocycles. The van der Waals surface area contributed by atoms with E-state index >= 15 is 0 Å². The Morgan fingerprint density at radius 1 is 1.27 bits per heavy atom. The number of para-hydroxylation sites is 1.